The number of rotatable bonds is 5. The number of non-ortho nitro benzene ring substituents is 1. The van der Waals surface area contributed by atoms with Gasteiger partial charge in [-0.1, -0.05) is 0 Å². The summed E-state index contributed by atoms with van der Waals surface area (Å²) >= 11 is 0.727. The average molecular weight is 291 g/mol. The Morgan fingerprint density at radius 1 is 1.47 bits per heavy atom. The Hall–Kier alpha value is -1.70. The Balaban J connectivity index is 3.21. The van der Waals surface area contributed by atoms with E-state index in [1.807, 2.05) is 0 Å². The third-order valence-corrected chi connectivity index (χ3v) is 3.60. The van der Waals surface area contributed by atoms with Crippen LogP contribution in [0.25, 0.3) is 0 Å². The summed E-state index contributed by atoms with van der Waals surface area (Å²) in [5.41, 5.74) is -0.985. The van der Waals surface area contributed by atoms with Crippen molar-refractivity contribution < 1.29 is 23.6 Å². The van der Waals surface area contributed by atoms with Crippen LogP contribution >= 0.6 is 11.8 Å². The molecule has 0 atom stereocenters. The summed E-state index contributed by atoms with van der Waals surface area (Å²) in [5.74, 6) is -1.16. The summed E-state index contributed by atoms with van der Waals surface area (Å²) in [7, 11) is 0. The van der Waals surface area contributed by atoms with Gasteiger partial charge >= 0.3 is 5.97 Å². The van der Waals surface area contributed by atoms with Crippen LogP contribution in [0.1, 0.15) is 25.8 Å². The number of carbonyl (C=O) groups is 1. The molecule has 0 bridgehead atoms. The summed E-state index contributed by atoms with van der Waals surface area (Å²) in [6.07, 6.45) is -2.91. The minimum absolute atomic E-state index is 0.0213. The number of aliphatic carboxylic acids is 1. The van der Waals surface area contributed by atoms with Gasteiger partial charge in [0.2, 0.25) is 0 Å². The number of carboxylic acids is 1. The molecule has 0 aliphatic carbocycles. The summed E-state index contributed by atoms with van der Waals surface area (Å²) < 4.78 is 24.4. The van der Waals surface area contributed by atoms with E-state index in [4.69, 9.17) is 5.11 Å². The van der Waals surface area contributed by atoms with Crippen molar-refractivity contribution in [1.29, 1.82) is 0 Å². The largest absolute Gasteiger partial charge is 0.480 e. The van der Waals surface area contributed by atoms with Crippen LogP contribution < -0.4 is 0 Å². The van der Waals surface area contributed by atoms with Crippen LogP contribution in [0.15, 0.2) is 23.1 Å². The van der Waals surface area contributed by atoms with Crippen LogP contribution in [-0.4, -0.2) is 20.7 Å². The van der Waals surface area contributed by atoms with Gasteiger partial charge in [-0.25, -0.2) is 8.78 Å². The molecule has 0 aliphatic heterocycles. The van der Waals surface area contributed by atoms with Crippen LogP contribution in [0.2, 0.25) is 0 Å². The summed E-state index contributed by atoms with van der Waals surface area (Å²) in [4.78, 5) is 20.8. The summed E-state index contributed by atoms with van der Waals surface area (Å²) in [6, 6.07) is 2.99. The first-order valence-corrected chi connectivity index (χ1v) is 5.95. The molecule has 104 valence electrons. The van der Waals surface area contributed by atoms with Crippen LogP contribution in [0.4, 0.5) is 14.5 Å². The highest BCUT2D eigenvalue weighted by Crippen LogP contribution is 2.39. The number of nitrogens with zero attached hydrogens (tertiary/aromatic N) is 1. The molecule has 0 saturated heterocycles. The quantitative estimate of drug-likeness (QED) is 0.510. The monoisotopic (exact) mass is 291 g/mol. The van der Waals surface area contributed by atoms with Gasteiger partial charge in [-0.05, 0) is 19.9 Å². The number of nitro groups is 1. The second-order valence-corrected chi connectivity index (χ2v) is 5.86. The van der Waals surface area contributed by atoms with E-state index in [0.717, 1.165) is 30.0 Å². The zero-order chi connectivity index (χ0) is 14.8. The highest BCUT2D eigenvalue weighted by molar-refractivity contribution is 8.01. The molecule has 1 N–H and O–H groups in total. The lowest BCUT2D eigenvalue weighted by Crippen LogP contribution is -2.27. The number of carboxylic acid groups (broad SMARTS) is 1. The molecule has 1 aromatic carbocycles. The molecular weight excluding hydrogens is 280 g/mol. The molecule has 0 saturated carbocycles. The second kappa shape index (κ2) is 5.52. The lowest BCUT2D eigenvalue weighted by Gasteiger charge is -2.20. The van der Waals surface area contributed by atoms with E-state index in [1.165, 1.54) is 13.8 Å². The highest BCUT2D eigenvalue weighted by atomic mass is 32.2. The maximum Gasteiger partial charge on any atom is 0.319 e. The molecule has 0 heterocycles. The Morgan fingerprint density at radius 2 is 2.05 bits per heavy atom. The van der Waals surface area contributed by atoms with Crippen LogP contribution in [0.5, 0.6) is 0 Å². The molecule has 19 heavy (non-hydrogen) atoms. The normalized spacial score (nSPS) is 11.6. The van der Waals surface area contributed by atoms with E-state index in [0.29, 0.717) is 0 Å². The fourth-order valence-corrected chi connectivity index (χ4v) is 2.27. The Labute approximate surface area is 111 Å². The molecule has 0 unspecified atom stereocenters. The third kappa shape index (κ3) is 3.63. The van der Waals surface area contributed by atoms with Crippen molar-refractivity contribution in [1.82, 2.24) is 0 Å². The lowest BCUT2D eigenvalue weighted by molar-refractivity contribution is -0.385. The SMILES string of the molecule is CC(C)(Sc1ccc([N+](=O)[O-])cc1C(F)F)C(=O)O. The first kappa shape index (κ1) is 15.4. The molecule has 0 aromatic heterocycles. The molecule has 8 heteroatoms. The van der Waals surface area contributed by atoms with Crippen molar-refractivity contribution in [2.75, 3.05) is 0 Å². The predicted octanol–water partition coefficient (Wildman–Crippen LogP) is 3.49. The van der Waals surface area contributed by atoms with E-state index in [9.17, 15) is 23.7 Å². The number of hydrogen-bond donors (Lipinski definition) is 1. The van der Waals surface area contributed by atoms with Gasteiger partial charge < -0.3 is 5.11 Å². The van der Waals surface area contributed by atoms with Gasteiger partial charge in [-0.3, -0.25) is 14.9 Å². The van der Waals surface area contributed by atoms with E-state index >= 15 is 0 Å². The molecule has 0 radical (unpaired) electrons. The van der Waals surface area contributed by atoms with Crippen molar-refractivity contribution in [2.24, 2.45) is 0 Å². The smallest absolute Gasteiger partial charge is 0.319 e. The first-order valence-electron chi connectivity index (χ1n) is 5.14. The zero-order valence-electron chi connectivity index (χ0n) is 10.1. The maximum absolute atomic E-state index is 12.9. The Bertz CT molecular complexity index is 519. The van der Waals surface area contributed by atoms with Crippen molar-refractivity contribution in [3.8, 4) is 0 Å². The molecule has 0 amide bonds. The van der Waals surface area contributed by atoms with Gasteiger partial charge in [0.15, 0.2) is 0 Å². The van der Waals surface area contributed by atoms with E-state index in [2.05, 4.69) is 0 Å². The zero-order valence-corrected chi connectivity index (χ0v) is 10.9. The van der Waals surface area contributed by atoms with Crippen LogP contribution in [-0.2, 0) is 4.79 Å². The predicted molar refractivity (Wildman–Crippen MR) is 65.6 cm³/mol. The van der Waals surface area contributed by atoms with Gasteiger partial charge in [-0.2, -0.15) is 0 Å². The van der Waals surface area contributed by atoms with Crippen molar-refractivity contribution in [3.05, 3.63) is 33.9 Å². The average Bonchev–Trinajstić information content (AvgIpc) is 2.28. The van der Waals surface area contributed by atoms with Crippen molar-refractivity contribution >= 4 is 23.4 Å². The molecule has 5 nitrogen and oxygen atoms in total. The van der Waals surface area contributed by atoms with Crippen molar-refractivity contribution in [2.45, 2.75) is 29.9 Å². The minimum atomic E-state index is -2.91. The lowest BCUT2D eigenvalue weighted by atomic mass is 10.2. The number of halogens is 2. The molecule has 0 fully saturated rings. The van der Waals surface area contributed by atoms with Crippen LogP contribution in [0.3, 0.4) is 0 Å². The fraction of sp³-hybridized carbons (Fsp3) is 0.364. The third-order valence-electron chi connectivity index (χ3n) is 2.32. The van der Waals surface area contributed by atoms with E-state index < -0.39 is 33.3 Å². The number of alkyl halides is 2. The number of thioether (sulfide) groups is 1. The Kier molecular flexibility index (Phi) is 4.46. The topological polar surface area (TPSA) is 80.4 Å². The Morgan fingerprint density at radius 3 is 2.47 bits per heavy atom. The molecule has 1 rings (SSSR count). The molecule has 0 aliphatic rings. The first-order chi connectivity index (χ1) is 8.65. The van der Waals surface area contributed by atoms with Gasteiger partial charge in [0.05, 0.1) is 4.92 Å². The number of hydrogen-bond acceptors (Lipinski definition) is 4. The fourth-order valence-electron chi connectivity index (χ4n) is 1.23. The molecule has 1 aromatic rings. The number of benzene rings is 1. The maximum atomic E-state index is 12.9. The summed E-state index contributed by atoms with van der Waals surface area (Å²) in [5, 5.41) is 19.5. The highest BCUT2D eigenvalue weighted by Gasteiger charge is 2.31. The van der Waals surface area contributed by atoms with Gasteiger partial charge in [0.1, 0.15) is 4.75 Å². The van der Waals surface area contributed by atoms with Gasteiger partial charge in [0, 0.05) is 22.6 Å². The van der Waals surface area contributed by atoms with E-state index in [1.54, 1.807) is 0 Å². The summed E-state index contributed by atoms with van der Waals surface area (Å²) in [6.45, 7) is 2.74. The van der Waals surface area contributed by atoms with Gasteiger partial charge in [-0.15, -0.1) is 11.8 Å². The van der Waals surface area contributed by atoms with Crippen LogP contribution in [0, 0.1) is 10.1 Å². The minimum Gasteiger partial charge on any atom is -0.480 e. The molecule has 0 spiro atoms. The van der Waals surface area contributed by atoms with E-state index in [-0.39, 0.29) is 4.90 Å². The molecular formula is C11H11F2NO4S. The standard InChI is InChI=1S/C11H11F2NO4S/c1-11(2,10(15)16)19-8-4-3-6(14(17)18)5-7(8)9(12)13/h3-5,9H,1-2H3,(H,15,16). The van der Waals surface area contributed by atoms with Gasteiger partial charge in [0.25, 0.3) is 12.1 Å². The number of nitro benzene ring substituents is 1. The van der Waals surface area contributed by atoms with Crippen molar-refractivity contribution in [3.63, 3.8) is 0 Å². The second-order valence-electron chi connectivity index (χ2n) is 4.20.